The molecule has 0 amide bonds. The Labute approximate surface area is 516 Å². The van der Waals surface area contributed by atoms with Crippen molar-refractivity contribution in [3.05, 3.63) is 344 Å². The molecule has 0 aromatic heterocycles. The van der Waals surface area contributed by atoms with E-state index in [-0.39, 0.29) is 0 Å². The van der Waals surface area contributed by atoms with Crippen LogP contribution in [0, 0.1) is 20.8 Å². The molecule has 0 saturated heterocycles. The van der Waals surface area contributed by atoms with Crippen LogP contribution in [0.5, 0.6) is 0 Å². The zero-order valence-corrected chi connectivity index (χ0v) is 51.2. The third-order valence-electron chi connectivity index (χ3n) is 18.0. The van der Waals surface area contributed by atoms with E-state index < -0.39 is 30.1 Å². The molecule has 0 saturated carbocycles. The second kappa shape index (κ2) is 21.1. The van der Waals surface area contributed by atoms with Crippen molar-refractivity contribution in [3.8, 4) is 0 Å². The van der Waals surface area contributed by atoms with Crippen LogP contribution in [0.2, 0.25) is 0 Å². The molecule has 0 unspecified atom stereocenters. The van der Waals surface area contributed by atoms with Crippen LogP contribution in [0.4, 0.5) is 51.2 Å². The zero-order valence-electron chi connectivity index (χ0n) is 48.7. The van der Waals surface area contributed by atoms with Crippen molar-refractivity contribution in [1.29, 1.82) is 0 Å². The van der Waals surface area contributed by atoms with Gasteiger partial charge in [-0.2, -0.15) is 0 Å². The van der Waals surface area contributed by atoms with Gasteiger partial charge in [0.2, 0.25) is 0 Å². The normalized spacial score (nSPS) is 15.7. The third kappa shape index (κ3) is 7.55. The lowest BCUT2D eigenvalue weighted by molar-refractivity contribution is 1.05. The van der Waals surface area contributed by atoms with Crippen LogP contribution in [0.25, 0.3) is 0 Å². The predicted molar refractivity (Wildman–Crippen MR) is 365 cm³/mol. The number of para-hydroxylation sites is 6. The summed E-state index contributed by atoms with van der Waals surface area (Å²) in [5.41, 5.74) is 14.1. The molecule has 13 aromatic rings. The molecule has 3 heterocycles. The average Bonchev–Trinajstić information content (AvgIpc) is 0.720. The number of anilines is 9. The van der Waals surface area contributed by atoms with Crippen molar-refractivity contribution in [2.45, 2.75) is 79.5 Å². The van der Waals surface area contributed by atoms with Crippen LogP contribution in [0.3, 0.4) is 0 Å². The predicted octanol–water partition coefficient (Wildman–Crippen LogP) is 24.0. The summed E-state index contributed by atoms with van der Waals surface area (Å²) in [6.45, 7) is 7.24. The van der Waals surface area contributed by atoms with Gasteiger partial charge in [0.15, 0.2) is 0 Å². The Morgan fingerprint density at radius 3 is 0.471 bits per heavy atom. The van der Waals surface area contributed by atoms with Crippen molar-refractivity contribution in [2.75, 3.05) is 14.7 Å². The maximum atomic E-state index is 2.66. The fourth-order valence-corrected chi connectivity index (χ4v) is 27.2. The Balaban J connectivity index is 1.05. The number of hydrogen-bond acceptors (Lipinski definition) is 3. The highest BCUT2D eigenvalue weighted by atomic mass is 32.3. The lowest BCUT2D eigenvalue weighted by Crippen LogP contribution is -2.28. The molecule has 3 aliphatic rings. The number of rotatable bonds is 9. The molecule has 0 radical (unpaired) electrons. The molecular weight excluding hydrogens is 1110 g/mol. The smallest absolute Gasteiger partial charge is 0.0592 e. The summed E-state index contributed by atoms with van der Waals surface area (Å²) in [7, 11) is -6.17. The van der Waals surface area contributed by atoms with Gasteiger partial charge in [-0.1, -0.05) is 182 Å². The molecule has 0 fully saturated rings. The van der Waals surface area contributed by atoms with Crippen molar-refractivity contribution in [2.24, 2.45) is 0 Å². The molecule has 0 spiro atoms. The zero-order chi connectivity index (χ0) is 58.3. The van der Waals surface area contributed by atoms with Crippen molar-refractivity contribution >= 4 is 81.3 Å². The summed E-state index contributed by atoms with van der Waals surface area (Å²) in [5, 5.41) is 0. The Hall–Kier alpha value is -9.69. The second-order valence-corrected chi connectivity index (χ2v) is 31.6. The van der Waals surface area contributed by atoms with Crippen molar-refractivity contribution < 1.29 is 0 Å². The molecule has 3 aliphatic heterocycles. The van der Waals surface area contributed by atoms with Gasteiger partial charge < -0.3 is 14.7 Å². The SMILES string of the molecule is Cc1c(N2c3ccccc3S(c3ccccc3)(c3ccccc3)c3ccccc32)c(C)c(N2c3ccccc3S(c3ccccc3)(c3ccccc3)c3ccccc32)c(C)c1N1c2ccccc2S(c2ccccc2)(c2ccccc2)c2ccccc21. The largest absolute Gasteiger partial charge is 0.308 e. The summed E-state index contributed by atoms with van der Waals surface area (Å²) < 4.78 is 0. The quantitative estimate of drug-likeness (QED) is 0.143. The molecule has 13 aromatic carbocycles. The molecule has 87 heavy (non-hydrogen) atoms. The van der Waals surface area contributed by atoms with Gasteiger partial charge >= 0.3 is 0 Å². The highest BCUT2D eigenvalue weighted by Gasteiger charge is 2.48. The molecular formula is C81H63N3S3. The molecule has 0 aliphatic carbocycles. The molecule has 0 bridgehead atoms. The minimum absolute atomic E-state index is 1.16. The first-order chi connectivity index (χ1) is 43.0. The van der Waals surface area contributed by atoms with E-state index in [1.54, 1.807) is 0 Å². The molecule has 3 nitrogen and oxygen atoms in total. The van der Waals surface area contributed by atoms with E-state index in [9.17, 15) is 0 Å². The number of hydrogen-bond donors (Lipinski definition) is 0. The Morgan fingerprint density at radius 2 is 0.310 bits per heavy atom. The fourth-order valence-electron chi connectivity index (χ4n) is 14.7. The van der Waals surface area contributed by atoms with Crippen molar-refractivity contribution in [1.82, 2.24) is 0 Å². The summed E-state index contributed by atoms with van der Waals surface area (Å²) >= 11 is 0. The maximum absolute atomic E-state index is 2.66. The lowest BCUT2D eigenvalue weighted by atomic mass is 9.93. The third-order valence-corrected chi connectivity index (χ3v) is 29.9. The van der Waals surface area contributed by atoms with Crippen molar-refractivity contribution in [3.63, 3.8) is 0 Å². The van der Waals surface area contributed by atoms with E-state index in [2.05, 4.69) is 363 Å². The van der Waals surface area contributed by atoms with Gasteiger partial charge in [-0.25, -0.2) is 0 Å². The standard InChI is InChI=1S/C81H63N3S3/c1-58-79(82-67-46-22-28-52-73(67)85(61-34-10-4-11-35-61,62-36-12-5-13-37-62)74-53-29-23-47-68(74)82)59(2)81(84-71-50-26-32-56-77(71)87(65-42-18-8-19-43-65,66-44-20-9-21-45-66)78-57-33-27-51-72(78)84)60(3)80(58)83-69-48-24-30-54-75(69)86(63-38-14-6-15-39-63,64-40-16-7-17-41-64)76-55-31-25-49-70(76)83/h4-57H,1-3H3. The first-order valence-electron chi connectivity index (χ1n) is 29.9. The van der Waals surface area contributed by atoms with Crippen LogP contribution in [-0.2, 0) is 0 Å². The minimum atomic E-state index is -2.06. The molecule has 0 N–H and O–H groups in total. The lowest BCUT2D eigenvalue weighted by Gasteiger charge is -2.52. The van der Waals surface area contributed by atoms with Crippen LogP contribution in [0.1, 0.15) is 16.7 Å². The molecule has 0 atom stereocenters. The van der Waals surface area contributed by atoms with Gasteiger partial charge in [0, 0.05) is 58.7 Å². The number of benzene rings is 13. The van der Waals surface area contributed by atoms with E-state index in [0.717, 1.165) is 17.1 Å². The molecule has 6 heteroatoms. The second-order valence-electron chi connectivity index (χ2n) is 22.4. The topological polar surface area (TPSA) is 9.72 Å². The van der Waals surface area contributed by atoms with E-state index >= 15 is 0 Å². The average molecular weight is 1170 g/mol. The van der Waals surface area contributed by atoms with E-state index in [1.807, 2.05) is 0 Å². The first-order valence-corrected chi connectivity index (χ1v) is 34.8. The van der Waals surface area contributed by atoms with Gasteiger partial charge in [0.25, 0.3) is 0 Å². The maximum Gasteiger partial charge on any atom is 0.0592 e. The van der Waals surface area contributed by atoms with Crippen LogP contribution >= 0.6 is 30.1 Å². The molecule has 16 rings (SSSR count). The Morgan fingerprint density at radius 1 is 0.172 bits per heavy atom. The fraction of sp³-hybridized carbons (Fsp3) is 0.0370. The van der Waals surface area contributed by atoms with Gasteiger partial charge in [-0.05, 0) is 183 Å². The van der Waals surface area contributed by atoms with Gasteiger partial charge in [0.1, 0.15) is 0 Å². The summed E-state index contributed by atoms with van der Waals surface area (Å²) in [6, 6.07) is 124. The van der Waals surface area contributed by atoms with Gasteiger partial charge in [-0.3, -0.25) is 0 Å². The minimum Gasteiger partial charge on any atom is -0.308 e. The molecule has 420 valence electrons. The van der Waals surface area contributed by atoms with E-state index in [0.29, 0.717) is 0 Å². The van der Waals surface area contributed by atoms with Crippen LogP contribution < -0.4 is 14.7 Å². The number of fused-ring (bicyclic) bond motifs is 6. The highest BCUT2D eigenvalue weighted by Crippen LogP contribution is 2.83. The highest BCUT2D eigenvalue weighted by molar-refractivity contribution is 8.35. The van der Waals surface area contributed by atoms with E-state index in [1.165, 1.54) is 110 Å². The number of nitrogens with zero attached hydrogens (tertiary/aromatic N) is 3. The summed E-state index contributed by atoms with van der Waals surface area (Å²) in [5.74, 6) is 0. The van der Waals surface area contributed by atoms with Crippen LogP contribution in [0.15, 0.2) is 386 Å². The first kappa shape index (κ1) is 52.8. The van der Waals surface area contributed by atoms with E-state index in [4.69, 9.17) is 0 Å². The monoisotopic (exact) mass is 1170 g/mol. The Bertz CT molecular complexity index is 3980. The summed E-state index contributed by atoms with van der Waals surface area (Å²) in [4.78, 5) is 23.7. The van der Waals surface area contributed by atoms with Gasteiger partial charge in [0.05, 0.1) is 51.2 Å². The van der Waals surface area contributed by atoms with Gasteiger partial charge in [-0.15, -0.1) is 30.1 Å². The Kier molecular flexibility index (Phi) is 12.8. The summed E-state index contributed by atoms with van der Waals surface area (Å²) in [6.07, 6.45) is 0. The van der Waals surface area contributed by atoms with Crippen LogP contribution in [-0.4, -0.2) is 0 Å².